The Balaban J connectivity index is 2.13. The van der Waals surface area contributed by atoms with E-state index >= 15 is 0 Å². The first-order valence-corrected chi connectivity index (χ1v) is 4.70. The van der Waals surface area contributed by atoms with Crippen molar-refractivity contribution in [3.8, 4) is 0 Å². The lowest BCUT2D eigenvalue weighted by Crippen LogP contribution is -2.33. The van der Waals surface area contributed by atoms with E-state index in [0.717, 1.165) is 13.0 Å². The highest BCUT2D eigenvalue weighted by Crippen LogP contribution is 2.10. The van der Waals surface area contributed by atoms with Gasteiger partial charge in [0.1, 0.15) is 0 Å². The molecule has 1 aromatic heterocycles. The fourth-order valence-electron chi connectivity index (χ4n) is 1.68. The maximum atomic E-state index is 11.9. The van der Waals surface area contributed by atoms with Crippen molar-refractivity contribution in [3.05, 3.63) is 18.2 Å². The monoisotopic (exact) mass is 194 g/mol. The summed E-state index contributed by atoms with van der Waals surface area (Å²) in [5.74, 6) is 0.463. The van der Waals surface area contributed by atoms with Gasteiger partial charge in [-0.3, -0.25) is 4.79 Å². The van der Waals surface area contributed by atoms with Crippen molar-refractivity contribution in [2.24, 2.45) is 12.8 Å². The van der Waals surface area contributed by atoms with Crippen molar-refractivity contribution in [1.29, 1.82) is 0 Å². The molecule has 1 aromatic rings. The number of nitrogens with two attached hydrogens (primary N) is 1. The maximum Gasteiger partial charge on any atom is 0.289 e. The normalized spacial score (nSPS) is 21.6. The highest BCUT2D eigenvalue weighted by atomic mass is 16.2. The van der Waals surface area contributed by atoms with E-state index in [9.17, 15) is 4.79 Å². The zero-order valence-electron chi connectivity index (χ0n) is 8.18. The number of likely N-dealkylation sites (tertiary alicyclic amines) is 1. The minimum atomic E-state index is -0.0227. The van der Waals surface area contributed by atoms with Crippen LogP contribution in [0.3, 0.4) is 0 Å². The van der Waals surface area contributed by atoms with E-state index in [1.807, 2.05) is 7.05 Å². The van der Waals surface area contributed by atoms with Gasteiger partial charge in [-0.2, -0.15) is 0 Å². The Labute approximate surface area is 82.5 Å². The lowest BCUT2D eigenvalue weighted by molar-refractivity contribution is 0.0775. The van der Waals surface area contributed by atoms with Crippen molar-refractivity contribution in [2.45, 2.75) is 12.5 Å². The Morgan fingerprint density at radius 3 is 3.00 bits per heavy atom. The van der Waals surface area contributed by atoms with Crippen molar-refractivity contribution in [1.82, 2.24) is 14.5 Å². The Bertz CT molecular complexity index is 346. The molecule has 76 valence electrons. The van der Waals surface area contributed by atoms with Crippen molar-refractivity contribution >= 4 is 5.91 Å². The number of imidazole rings is 1. The molecule has 2 rings (SSSR count). The Hall–Kier alpha value is -1.36. The first-order valence-electron chi connectivity index (χ1n) is 4.70. The van der Waals surface area contributed by atoms with Gasteiger partial charge in [0.25, 0.3) is 5.91 Å². The molecule has 0 aromatic carbocycles. The van der Waals surface area contributed by atoms with Gasteiger partial charge in [0.15, 0.2) is 5.82 Å². The molecule has 1 amide bonds. The summed E-state index contributed by atoms with van der Waals surface area (Å²) in [5.41, 5.74) is 5.73. The third-order valence-corrected chi connectivity index (χ3v) is 2.52. The third-order valence-electron chi connectivity index (χ3n) is 2.52. The SMILES string of the molecule is Cn1ccnc1C(=O)N1CCC(N)C1. The van der Waals surface area contributed by atoms with Gasteiger partial charge in [0.2, 0.25) is 0 Å². The first kappa shape index (κ1) is 9.21. The second-order valence-corrected chi connectivity index (χ2v) is 3.66. The zero-order valence-corrected chi connectivity index (χ0v) is 8.18. The summed E-state index contributed by atoms with van der Waals surface area (Å²) in [6, 6.07) is 0.124. The van der Waals surface area contributed by atoms with Crippen LogP contribution in [-0.2, 0) is 7.05 Å². The highest BCUT2D eigenvalue weighted by molar-refractivity contribution is 5.91. The molecule has 5 nitrogen and oxygen atoms in total. The molecule has 0 radical (unpaired) electrons. The van der Waals surface area contributed by atoms with Crippen LogP contribution in [0, 0.1) is 0 Å². The van der Waals surface area contributed by atoms with E-state index in [-0.39, 0.29) is 11.9 Å². The van der Waals surface area contributed by atoms with Gasteiger partial charge >= 0.3 is 0 Å². The summed E-state index contributed by atoms with van der Waals surface area (Å²) in [5, 5.41) is 0. The predicted molar refractivity (Wildman–Crippen MR) is 51.7 cm³/mol. The van der Waals surface area contributed by atoms with Crippen LogP contribution in [0.15, 0.2) is 12.4 Å². The molecule has 0 aliphatic carbocycles. The van der Waals surface area contributed by atoms with E-state index in [1.54, 1.807) is 21.9 Å². The molecule has 5 heteroatoms. The maximum absolute atomic E-state index is 11.9. The molecule has 1 aliphatic heterocycles. The number of carbonyl (C=O) groups excluding carboxylic acids is 1. The minimum Gasteiger partial charge on any atom is -0.334 e. The summed E-state index contributed by atoms with van der Waals surface area (Å²) in [6.45, 7) is 1.39. The smallest absolute Gasteiger partial charge is 0.289 e. The van der Waals surface area contributed by atoms with E-state index in [2.05, 4.69) is 4.98 Å². The van der Waals surface area contributed by atoms with Gasteiger partial charge in [-0.05, 0) is 6.42 Å². The molecule has 1 aliphatic rings. The number of aryl methyl sites for hydroxylation is 1. The number of hydrogen-bond acceptors (Lipinski definition) is 3. The summed E-state index contributed by atoms with van der Waals surface area (Å²) < 4.78 is 1.73. The Morgan fingerprint density at radius 1 is 1.71 bits per heavy atom. The molecule has 2 heterocycles. The first-order chi connectivity index (χ1) is 6.68. The molecular formula is C9H14N4O. The molecule has 2 N–H and O–H groups in total. The third kappa shape index (κ3) is 1.50. The van der Waals surface area contributed by atoms with Crippen LogP contribution < -0.4 is 5.73 Å². The molecular weight excluding hydrogens is 180 g/mol. The number of amides is 1. The van der Waals surface area contributed by atoms with Crippen LogP contribution in [0.5, 0.6) is 0 Å². The van der Waals surface area contributed by atoms with Crippen LogP contribution >= 0.6 is 0 Å². The van der Waals surface area contributed by atoms with Gasteiger partial charge in [-0.15, -0.1) is 0 Å². The number of rotatable bonds is 1. The van der Waals surface area contributed by atoms with Crippen LogP contribution in [0.1, 0.15) is 17.0 Å². The molecule has 1 unspecified atom stereocenters. The fourth-order valence-corrected chi connectivity index (χ4v) is 1.68. The highest BCUT2D eigenvalue weighted by Gasteiger charge is 2.26. The van der Waals surface area contributed by atoms with Crippen molar-refractivity contribution in [3.63, 3.8) is 0 Å². The number of hydrogen-bond donors (Lipinski definition) is 1. The lowest BCUT2D eigenvalue weighted by atomic mass is 10.3. The number of carbonyl (C=O) groups is 1. The van der Waals surface area contributed by atoms with E-state index in [1.165, 1.54) is 0 Å². The minimum absolute atomic E-state index is 0.0227. The lowest BCUT2D eigenvalue weighted by Gasteiger charge is -2.14. The fraction of sp³-hybridized carbons (Fsp3) is 0.556. The Kier molecular flexibility index (Phi) is 2.25. The topological polar surface area (TPSA) is 64.2 Å². The number of nitrogens with zero attached hydrogens (tertiary/aromatic N) is 3. The number of aromatic nitrogens is 2. The molecule has 0 spiro atoms. The molecule has 1 saturated heterocycles. The average Bonchev–Trinajstić information content (AvgIpc) is 2.73. The molecule has 1 fully saturated rings. The molecule has 0 saturated carbocycles. The van der Waals surface area contributed by atoms with Crippen molar-refractivity contribution < 1.29 is 4.79 Å². The second-order valence-electron chi connectivity index (χ2n) is 3.66. The molecule has 1 atom stereocenters. The largest absolute Gasteiger partial charge is 0.334 e. The van der Waals surface area contributed by atoms with Gasteiger partial charge in [0.05, 0.1) is 0 Å². The summed E-state index contributed by atoms with van der Waals surface area (Å²) in [4.78, 5) is 17.6. The van der Waals surface area contributed by atoms with Gasteiger partial charge in [0, 0.05) is 38.6 Å². The van der Waals surface area contributed by atoms with Crippen LogP contribution in [0.4, 0.5) is 0 Å². The van der Waals surface area contributed by atoms with Crippen LogP contribution in [0.2, 0.25) is 0 Å². The average molecular weight is 194 g/mol. The summed E-state index contributed by atoms with van der Waals surface area (Å²) >= 11 is 0. The van der Waals surface area contributed by atoms with Crippen molar-refractivity contribution in [2.75, 3.05) is 13.1 Å². The standard InChI is InChI=1S/C9H14N4O/c1-12-5-3-11-8(12)9(14)13-4-2-7(10)6-13/h3,5,7H,2,4,6,10H2,1H3. The Morgan fingerprint density at radius 2 is 2.50 bits per heavy atom. The van der Waals surface area contributed by atoms with E-state index < -0.39 is 0 Å². The second kappa shape index (κ2) is 3.42. The summed E-state index contributed by atoms with van der Waals surface area (Å²) in [6.07, 6.45) is 4.28. The molecule has 0 bridgehead atoms. The molecule has 14 heavy (non-hydrogen) atoms. The van der Waals surface area contributed by atoms with Crippen LogP contribution in [-0.4, -0.2) is 39.5 Å². The van der Waals surface area contributed by atoms with E-state index in [0.29, 0.717) is 12.4 Å². The predicted octanol–water partition coefficient (Wildman–Crippen LogP) is -0.407. The van der Waals surface area contributed by atoms with Gasteiger partial charge in [-0.25, -0.2) is 4.98 Å². The zero-order chi connectivity index (χ0) is 10.1. The summed E-state index contributed by atoms with van der Waals surface area (Å²) in [7, 11) is 1.82. The van der Waals surface area contributed by atoms with E-state index in [4.69, 9.17) is 5.73 Å². The van der Waals surface area contributed by atoms with Gasteiger partial charge < -0.3 is 15.2 Å². The van der Waals surface area contributed by atoms with Gasteiger partial charge in [-0.1, -0.05) is 0 Å². The van der Waals surface area contributed by atoms with Crippen LogP contribution in [0.25, 0.3) is 0 Å². The quantitative estimate of drug-likeness (QED) is 0.661.